The number of anilines is 1. The maximum Gasteiger partial charge on any atom is 0.133 e. The Morgan fingerprint density at radius 2 is 2.37 bits per heavy atom. The predicted molar refractivity (Wildman–Crippen MR) is 82.3 cm³/mol. The number of benzene rings is 1. The molecule has 100 valence electrons. The second kappa shape index (κ2) is 5.70. The van der Waals surface area contributed by atoms with E-state index >= 15 is 0 Å². The summed E-state index contributed by atoms with van der Waals surface area (Å²) >= 11 is 2.06. The first kappa shape index (κ1) is 12.6. The van der Waals surface area contributed by atoms with E-state index in [9.17, 15) is 0 Å². The number of hydrogen-bond acceptors (Lipinski definition) is 4. The van der Waals surface area contributed by atoms with Crippen LogP contribution in [0.25, 0.3) is 10.8 Å². The van der Waals surface area contributed by atoms with E-state index in [-0.39, 0.29) is 0 Å². The van der Waals surface area contributed by atoms with E-state index < -0.39 is 0 Å². The van der Waals surface area contributed by atoms with Crippen LogP contribution in [0.3, 0.4) is 0 Å². The highest BCUT2D eigenvalue weighted by Crippen LogP contribution is 2.28. The second-order valence-electron chi connectivity index (χ2n) is 4.76. The predicted octanol–water partition coefficient (Wildman–Crippen LogP) is 3.55. The largest absolute Gasteiger partial charge is 0.497 e. The van der Waals surface area contributed by atoms with Gasteiger partial charge in [-0.3, -0.25) is 0 Å². The fourth-order valence-corrected chi connectivity index (χ4v) is 3.63. The molecule has 1 N–H and O–H groups in total. The van der Waals surface area contributed by atoms with Crippen molar-refractivity contribution in [3.63, 3.8) is 0 Å². The van der Waals surface area contributed by atoms with E-state index in [1.807, 2.05) is 24.4 Å². The van der Waals surface area contributed by atoms with Gasteiger partial charge in [-0.25, -0.2) is 4.98 Å². The Balaban J connectivity index is 1.84. The fourth-order valence-electron chi connectivity index (χ4n) is 2.43. The van der Waals surface area contributed by atoms with Gasteiger partial charge < -0.3 is 10.1 Å². The number of nitrogens with one attached hydrogen (secondary N) is 1. The summed E-state index contributed by atoms with van der Waals surface area (Å²) in [4.78, 5) is 4.47. The highest BCUT2D eigenvalue weighted by atomic mass is 32.2. The molecule has 1 aliphatic heterocycles. The lowest BCUT2D eigenvalue weighted by Crippen LogP contribution is -2.14. The molecular weight excluding hydrogens is 256 g/mol. The molecule has 1 atom stereocenters. The average Bonchev–Trinajstić information content (AvgIpc) is 2.97. The monoisotopic (exact) mass is 274 g/mol. The van der Waals surface area contributed by atoms with E-state index in [1.165, 1.54) is 24.0 Å². The van der Waals surface area contributed by atoms with Crippen LogP contribution in [0, 0.1) is 0 Å². The van der Waals surface area contributed by atoms with Crippen LogP contribution in [0.4, 0.5) is 5.82 Å². The minimum atomic E-state index is 0.725. The van der Waals surface area contributed by atoms with Crippen LogP contribution in [0.5, 0.6) is 5.75 Å². The molecule has 1 aromatic carbocycles. The summed E-state index contributed by atoms with van der Waals surface area (Å²) in [5, 5.41) is 6.54. The van der Waals surface area contributed by atoms with Crippen molar-refractivity contribution in [2.75, 3.05) is 24.7 Å². The zero-order valence-electron chi connectivity index (χ0n) is 11.1. The summed E-state index contributed by atoms with van der Waals surface area (Å²) in [6, 6.07) is 8.14. The van der Waals surface area contributed by atoms with E-state index in [1.54, 1.807) is 7.11 Å². The SMILES string of the molecule is COc1ccc2ccnc(NCC3CCCS3)c2c1. The lowest BCUT2D eigenvalue weighted by atomic mass is 10.1. The Morgan fingerprint density at radius 1 is 1.42 bits per heavy atom. The van der Waals surface area contributed by atoms with Crippen LogP contribution < -0.4 is 10.1 Å². The number of hydrogen-bond donors (Lipinski definition) is 1. The molecule has 0 radical (unpaired) electrons. The minimum absolute atomic E-state index is 0.725. The van der Waals surface area contributed by atoms with Gasteiger partial charge in [-0.2, -0.15) is 11.8 Å². The molecule has 1 aliphatic rings. The number of thioether (sulfide) groups is 1. The molecule has 2 aromatic rings. The lowest BCUT2D eigenvalue weighted by molar-refractivity contribution is 0.415. The molecule has 1 saturated heterocycles. The Labute approximate surface area is 117 Å². The summed E-state index contributed by atoms with van der Waals surface area (Å²) in [5.41, 5.74) is 0. The fraction of sp³-hybridized carbons (Fsp3) is 0.400. The Hall–Kier alpha value is -1.42. The van der Waals surface area contributed by atoms with E-state index in [2.05, 4.69) is 28.1 Å². The summed E-state index contributed by atoms with van der Waals surface area (Å²) in [7, 11) is 1.69. The van der Waals surface area contributed by atoms with Crippen LogP contribution in [-0.4, -0.2) is 29.6 Å². The van der Waals surface area contributed by atoms with Gasteiger partial charge >= 0.3 is 0 Å². The third kappa shape index (κ3) is 2.78. The molecule has 0 saturated carbocycles. The van der Waals surface area contributed by atoms with E-state index in [0.29, 0.717) is 0 Å². The summed E-state index contributed by atoms with van der Waals surface area (Å²) < 4.78 is 5.30. The zero-order chi connectivity index (χ0) is 13.1. The van der Waals surface area contributed by atoms with Gasteiger partial charge in [0.1, 0.15) is 11.6 Å². The van der Waals surface area contributed by atoms with Gasteiger partial charge in [-0.15, -0.1) is 0 Å². The molecule has 2 heterocycles. The lowest BCUT2D eigenvalue weighted by Gasteiger charge is -2.13. The number of nitrogens with zero attached hydrogens (tertiary/aromatic N) is 1. The van der Waals surface area contributed by atoms with E-state index in [0.717, 1.165) is 28.7 Å². The van der Waals surface area contributed by atoms with Crippen molar-refractivity contribution in [3.05, 3.63) is 30.5 Å². The molecule has 19 heavy (non-hydrogen) atoms. The standard InChI is InChI=1S/C15H18N2OS/c1-18-12-5-4-11-6-7-16-15(14(11)9-12)17-10-13-3-2-8-19-13/h4-7,9,13H,2-3,8,10H2,1H3,(H,16,17). The maximum absolute atomic E-state index is 5.30. The molecule has 1 fully saturated rings. The number of ether oxygens (including phenoxy) is 1. The van der Waals surface area contributed by atoms with Crippen molar-refractivity contribution >= 4 is 28.4 Å². The van der Waals surface area contributed by atoms with Crippen LogP contribution in [-0.2, 0) is 0 Å². The van der Waals surface area contributed by atoms with Crippen molar-refractivity contribution in [1.29, 1.82) is 0 Å². The van der Waals surface area contributed by atoms with Crippen LogP contribution in [0.2, 0.25) is 0 Å². The Bertz CT molecular complexity index is 567. The Morgan fingerprint density at radius 3 is 3.16 bits per heavy atom. The molecule has 1 aromatic heterocycles. The van der Waals surface area contributed by atoms with Crippen molar-refractivity contribution in [2.45, 2.75) is 18.1 Å². The molecule has 3 nitrogen and oxygen atoms in total. The second-order valence-corrected chi connectivity index (χ2v) is 6.17. The quantitative estimate of drug-likeness (QED) is 0.924. The van der Waals surface area contributed by atoms with Gasteiger partial charge in [0, 0.05) is 23.4 Å². The summed E-state index contributed by atoms with van der Waals surface area (Å²) in [6.07, 6.45) is 4.51. The van der Waals surface area contributed by atoms with Crippen molar-refractivity contribution in [1.82, 2.24) is 4.98 Å². The van der Waals surface area contributed by atoms with Crippen LogP contribution in [0.1, 0.15) is 12.8 Å². The molecule has 3 rings (SSSR count). The number of methoxy groups -OCH3 is 1. The smallest absolute Gasteiger partial charge is 0.133 e. The number of rotatable bonds is 4. The van der Waals surface area contributed by atoms with Crippen molar-refractivity contribution in [2.24, 2.45) is 0 Å². The maximum atomic E-state index is 5.30. The first-order valence-electron chi connectivity index (χ1n) is 6.65. The average molecular weight is 274 g/mol. The number of aromatic nitrogens is 1. The molecule has 0 bridgehead atoms. The molecule has 0 amide bonds. The van der Waals surface area contributed by atoms with Gasteiger partial charge in [0.05, 0.1) is 7.11 Å². The van der Waals surface area contributed by atoms with Crippen LogP contribution in [0.15, 0.2) is 30.5 Å². The molecule has 0 spiro atoms. The highest BCUT2D eigenvalue weighted by molar-refractivity contribution is 8.00. The van der Waals surface area contributed by atoms with Gasteiger partial charge in [0.15, 0.2) is 0 Å². The summed E-state index contributed by atoms with van der Waals surface area (Å²) in [5.74, 6) is 3.13. The van der Waals surface area contributed by atoms with Gasteiger partial charge in [-0.05, 0) is 42.2 Å². The zero-order valence-corrected chi connectivity index (χ0v) is 11.9. The summed E-state index contributed by atoms with van der Waals surface area (Å²) in [6.45, 7) is 0.994. The molecule has 0 aliphatic carbocycles. The highest BCUT2D eigenvalue weighted by Gasteiger charge is 2.15. The Kier molecular flexibility index (Phi) is 3.78. The first-order valence-corrected chi connectivity index (χ1v) is 7.70. The molecular formula is C15H18N2OS. The topological polar surface area (TPSA) is 34.1 Å². The van der Waals surface area contributed by atoms with Crippen molar-refractivity contribution < 1.29 is 4.74 Å². The normalized spacial score (nSPS) is 18.7. The minimum Gasteiger partial charge on any atom is -0.497 e. The van der Waals surface area contributed by atoms with Crippen molar-refractivity contribution in [3.8, 4) is 5.75 Å². The third-order valence-corrected chi connectivity index (χ3v) is 4.89. The van der Waals surface area contributed by atoms with E-state index in [4.69, 9.17) is 4.74 Å². The third-order valence-electron chi connectivity index (χ3n) is 3.49. The first-order chi connectivity index (χ1) is 9.36. The van der Waals surface area contributed by atoms with Gasteiger partial charge in [-0.1, -0.05) is 6.07 Å². The number of fused-ring (bicyclic) bond motifs is 1. The van der Waals surface area contributed by atoms with Gasteiger partial charge in [0.2, 0.25) is 0 Å². The molecule has 1 unspecified atom stereocenters. The van der Waals surface area contributed by atoms with Crippen LogP contribution >= 0.6 is 11.8 Å². The number of pyridine rings is 1. The molecule has 4 heteroatoms. The van der Waals surface area contributed by atoms with Gasteiger partial charge in [0.25, 0.3) is 0 Å².